The van der Waals surface area contributed by atoms with Gasteiger partial charge in [0.2, 0.25) is 5.91 Å². The Labute approximate surface area is 188 Å². The van der Waals surface area contributed by atoms with E-state index in [2.05, 4.69) is 41.4 Å². The predicted molar refractivity (Wildman–Crippen MR) is 122 cm³/mol. The van der Waals surface area contributed by atoms with E-state index in [0.29, 0.717) is 11.6 Å². The summed E-state index contributed by atoms with van der Waals surface area (Å²) in [6.07, 6.45) is 3.74. The van der Waals surface area contributed by atoms with Gasteiger partial charge in [-0.3, -0.25) is 4.79 Å². The standard InChI is InChI=1S/C22H22BrN7O/c1-13-9-14(2)26-22(25-13)30-16(4)18(15(3)28-30)10-21(31)27-19-7-5-6-8-20(19)29-12-17(23)11-24-29/h5-9,11-12H,10H2,1-4H3,(H,27,31). The van der Waals surface area contributed by atoms with Gasteiger partial charge in [0, 0.05) is 28.8 Å². The van der Waals surface area contributed by atoms with Crippen molar-refractivity contribution in [3.63, 3.8) is 0 Å². The highest BCUT2D eigenvalue weighted by Crippen LogP contribution is 2.22. The van der Waals surface area contributed by atoms with Crippen molar-refractivity contribution < 1.29 is 4.79 Å². The highest BCUT2D eigenvalue weighted by atomic mass is 79.9. The molecule has 0 saturated carbocycles. The molecule has 3 heterocycles. The Hall–Kier alpha value is -3.33. The van der Waals surface area contributed by atoms with Crippen LogP contribution in [0.2, 0.25) is 0 Å². The molecule has 1 aromatic carbocycles. The van der Waals surface area contributed by atoms with Crippen molar-refractivity contribution >= 4 is 27.5 Å². The number of nitrogens with one attached hydrogen (secondary N) is 1. The molecule has 9 heteroatoms. The average Bonchev–Trinajstić information content (AvgIpc) is 3.26. The number of para-hydroxylation sites is 2. The van der Waals surface area contributed by atoms with Gasteiger partial charge in [0.25, 0.3) is 5.95 Å². The van der Waals surface area contributed by atoms with E-state index in [-0.39, 0.29) is 12.3 Å². The third-order valence-corrected chi connectivity index (χ3v) is 5.32. The fourth-order valence-electron chi connectivity index (χ4n) is 3.49. The summed E-state index contributed by atoms with van der Waals surface area (Å²) < 4.78 is 4.28. The van der Waals surface area contributed by atoms with E-state index in [4.69, 9.17) is 0 Å². The maximum Gasteiger partial charge on any atom is 0.251 e. The molecule has 0 saturated heterocycles. The normalized spacial score (nSPS) is 11.0. The molecule has 8 nitrogen and oxygen atoms in total. The number of hydrogen-bond acceptors (Lipinski definition) is 5. The number of amides is 1. The lowest BCUT2D eigenvalue weighted by molar-refractivity contribution is -0.115. The molecule has 0 aliphatic carbocycles. The van der Waals surface area contributed by atoms with Crippen molar-refractivity contribution in [3.8, 4) is 11.6 Å². The Morgan fingerprint density at radius 1 is 1.10 bits per heavy atom. The zero-order valence-electron chi connectivity index (χ0n) is 17.7. The fourth-order valence-corrected chi connectivity index (χ4v) is 3.78. The van der Waals surface area contributed by atoms with Crippen LogP contribution in [0.5, 0.6) is 0 Å². The number of aryl methyl sites for hydroxylation is 3. The molecule has 4 aromatic rings. The van der Waals surface area contributed by atoms with Gasteiger partial charge < -0.3 is 5.32 Å². The van der Waals surface area contributed by atoms with Crippen molar-refractivity contribution in [2.24, 2.45) is 0 Å². The molecule has 158 valence electrons. The highest BCUT2D eigenvalue weighted by molar-refractivity contribution is 9.10. The first-order valence-electron chi connectivity index (χ1n) is 9.79. The van der Waals surface area contributed by atoms with Crippen LogP contribution in [0.3, 0.4) is 0 Å². The Morgan fingerprint density at radius 3 is 2.48 bits per heavy atom. The van der Waals surface area contributed by atoms with Gasteiger partial charge in [-0.15, -0.1) is 0 Å². The van der Waals surface area contributed by atoms with Crippen LogP contribution in [0.1, 0.15) is 28.3 Å². The van der Waals surface area contributed by atoms with Crippen LogP contribution in [0.15, 0.2) is 47.2 Å². The minimum absolute atomic E-state index is 0.134. The second-order valence-electron chi connectivity index (χ2n) is 7.36. The lowest BCUT2D eigenvalue weighted by Crippen LogP contribution is -2.17. The van der Waals surface area contributed by atoms with E-state index >= 15 is 0 Å². The largest absolute Gasteiger partial charge is 0.324 e. The Balaban J connectivity index is 1.59. The molecule has 0 unspecified atom stereocenters. The average molecular weight is 480 g/mol. The van der Waals surface area contributed by atoms with E-state index in [1.165, 1.54) is 0 Å². The summed E-state index contributed by atoms with van der Waals surface area (Å²) in [5.74, 6) is 0.380. The van der Waals surface area contributed by atoms with Crippen LogP contribution in [0.4, 0.5) is 5.69 Å². The first-order chi connectivity index (χ1) is 14.8. The van der Waals surface area contributed by atoms with Crippen molar-refractivity contribution in [2.75, 3.05) is 5.32 Å². The fraction of sp³-hybridized carbons (Fsp3) is 0.227. The summed E-state index contributed by atoms with van der Waals surface area (Å²) in [6.45, 7) is 7.67. The molecule has 3 aromatic heterocycles. The third-order valence-electron chi connectivity index (χ3n) is 4.91. The van der Waals surface area contributed by atoms with Crippen molar-refractivity contribution in [1.82, 2.24) is 29.5 Å². The molecule has 1 N–H and O–H groups in total. The lowest BCUT2D eigenvalue weighted by atomic mass is 10.1. The molecular weight excluding hydrogens is 458 g/mol. The van der Waals surface area contributed by atoms with Gasteiger partial charge in [0.05, 0.1) is 34.2 Å². The quantitative estimate of drug-likeness (QED) is 0.466. The summed E-state index contributed by atoms with van der Waals surface area (Å²) in [6, 6.07) is 9.46. The number of carbonyl (C=O) groups is 1. The summed E-state index contributed by atoms with van der Waals surface area (Å²) >= 11 is 3.41. The molecule has 0 aliphatic rings. The van der Waals surface area contributed by atoms with E-state index in [1.807, 2.05) is 64.2 Å². The van der Waals surface area contributed by atoms with Gasteiger partial charge in [-0.1, -0.05) is 12.1 Å². The minimum Gasteiger partial charge on any atom is -0.324 e. The maximum absolute atomic E-state index is 12.9. The van der Waals surface area contributed by atoms with Gasteiger partial charge in [-0.25, -0.2) is 19.3 Å². The Morgan fingerprint density at radius 2 is 1.81 bits per heavy atom. The summed E-state index contributed by atoms with van der Waals surface area (Å²) in [4.78, 5) is 21.9. The minimum atomic E-state index is -0.134. The van der Waals surface area contributed by atoms with Gasteiger partial charge in [0.15, 0.2) is 0 Å². The lowest BCUT2D eigenvalue weighted by Gasteiger charge is -2.11. The molecule has 0 aliphatic heterocycles. The third kappa shape index (κ3) is 4.41. The molecule has 31 heavy (non-hydrogen) atoms. The first-order valence-corrected chi connectivity index (χ1v) is 10.6. The monoisotopic (exact) mass is 479 g/mol. The highest BCUT2D eigenvalue weighted by Gasteiger charge is 2.18. The number of carbonyl (C=O) groups excluding carboxylic acids is 1. The molecule has 4 rings (SSSR count). The van der Waals surface area contributed by atoms with Crippen LogP contribution in [-0.2, 0) is 11.2 Å². The van der Waals surface area contributed by atoms with Gasteiger partial charge in [0.1, 0.15) is 0 Å². The molecule has 0 fully saturated rings. The Kier molecular flexibility index (Phi) is 5.69. The number of nitrogens with zero attached hydrogens (tertiary/aromatic N) is 6. The zero-order chi connectivity index (χ0) is 22.1. The van der Waals surface area contributed by atoms with Gasteiger partial charge >= 0.3 is 0 Å². The van der Waals surface area contributed by atoms with E-state index in [9.17, 15) is 4.79 Å². The molecule has 0 spiro atoms. The van der Waals surface area contributed by atoms with Crippen molar-refractivity contribution in [2.45, 2.75) is 34.1 Å². The van der Waals surface area contributed by atoms with E-state index in [0.717, 1.165) is 38.5 Å². The number of hydrogen-bond donors (Lipinski definition) is 1. The zero-order valence-corrected chi connectivity index (χ0v) is 19.3. The van der Waals surface area contributed by atoms with Crippen molar-refractivity contribution in [1.29, 1.82) is 0 Å². The number of halogens is 1. The number of aromatic nitrogens is 6. The molecule has 0 atom stereocenters. The SMILES string of the molecule is Cc1cc(C)nc(-n2nc(C)c(CC(=O)Nc3ccccc3-n3cc(Br)cn3)c2C)n1. The molecule has 0 bridgehead atoms. The van der Waals surface area contributed by atoms with Crippen LogP contribution in [0, 0.1) is 27.7 Å². The molecular formula is C22H22BrN7O. The first kappa shape index (κ1) is 20.9. The maximum atomic E-state index is 12.9. The second kappa shape index (κ2) is 8.43. The predicted octanol–water partition coefficient (Wildman–Crippen LogP) is 4.03. The summed E-state index contributed by atoms with van der Waals surface area (Å²) in [5, 5.41) is 11.9. The second-order valence-corrected chi connectivity index (χ2v) is 8.27. The number of rotatable bonds is 5. The number of benzene rings is 1. The van der Waals surface area contributed by atoms with Crippen LogP contribution >= 0.6 is 15.9 Å². The van der Waals surface area contributed by atoms with Crippen LogP contribution < -0.4 is 5.32 Å². The molecule has 0 radical (unpaired) electrons. The van der Waals surface area contributed by atoms with E-state index in [1.54, 1.807) is 15.6 Å². The molecule has 1 amide bonds. The van der Waals surface area contributed by atoms with Crippen LogP contribution in [0.25, 0.3) is 11.6 Å². The van der Waals surface area contributed by atoms with E-state index < -0.39 is 0 Å². The smallest absolute Gasteiger partial charge is 0.251 e. The summed E-state index contributed by atoms with van der Waals surface area (Å²) in [7, 11) is 0. The summed E-state index contributed by atoms with van der Waals surface area (Å²) in [5.41, 5.74) is 5.70. The van der Waals surface area contributed by atoms with Gasteiger partial charge in [-0.05, 0) is 61.8 Å². The topological polar surface area (TPSA) is 90.5 Å². The number of anilines is 1. The van der Waals surface area contributed by atoms with Gasteiger partial charge in [-0.2, -0.15) is 10.2 Å². The van der Waals surface area contributed by atoms with Crippen molar-refractivity contribution in [3.05, 3.63) is 75.5 Å². The van der Waals surface area contributed by atoms with Crippen LogP contribution in [-0.4, -0.2) is 35.4 Å². The Bertz CT molecular complexity index is 1250.